The molecule has 1 rings (SSSR count). The highest BCUT2D eigenvalue weighted by molar-refractivity contribution is 7.89. The van der Waals surface area contributed by atoms with Crippen LogP contribution in [0.1, 0.15) is 5.69 Å². The van der Waals surface area contributed by atoms with E-state index in [9.17, 15) is 8.42 Å². The van der Waals surface area contributed by atoms with Gasteiger partial charge in [0, 0.05) is 31.4 Å². The summed E-state index contributed by atoms with van der Waals surface area (Å²) >= 11 is 0. The normalized spacial score (nSPS) is 11.7. The van der Waals surface area contributed by atoms with Gasteiger partial charge in [-0.25, -0.2) is 8.42 Å². The van der Waals surface area contributed by atoms with Gasteiger partial charge in [-0.15, -0.1) is 6.58 Å². The van der Waals surface area contributed by atoms with Crippen molar-refractivity contribution in [2.45, 2.75) is 6.42 Å². The summed E-state index contributed by atoms with van der Waals surface area (Å²) in [7, 11) is -3.38. The van der Waals surface area contributed by atoms with Crippen LogP contribution < -0.4 is 0 Å². The fraction of sp³-hybridized carbons (Fsp3) is 0.417. The minimum absolute atomic E-state index is 0.0160. The Morgan fingerprint density at radius 1 is 1.44 bits per heavy atom. The Morgan fingerprint density at radius 2 is 2.22 bits per heavy atom. The van der Waals surface area contributed by atoms with E-state index in [1.54, 1.807) is 18.3 Å². The molecule has 0 bridgehead atoms. The Bertz CT molecular complexity index is 459. The number of rotatable bonds is 8. The zero-order chi connectivity index (χ0) is 13.4. The van der Waals surface area contributed by atoms with Crippen molar-refractivity contribution in [2.75, 3.05) is 25.4 Å². The quantitative estimate of drug-likeness (QED) is 0.696. The summed E-state index contributed by atoms with van der Waals surface area (Å²) < 4.78 is 25.3. The maximum atomic E-state index is 12.0. The van der Waals surface area contributed by atoms with Crippen molar-refractivity contribution in [3.8, 4) is 0 Å². The average Bonchev–Trinajstić information content (AvgIpc) is 2.37. The van der Waals surface area contributed by atoms with Crippen LogP contribution in [0.15, 0.2) is 37.1 Å². The van der Waals surface area contributed by atoms with Crippen LogP contribution >= 0.6 is 0 Å². The van der Waals surface area contributed by atoms with Crippen LogP contribution in [0.3, 0.4) is 0 Å². The van der Waals surface area contributed by atoms with E-state index >= 15 is 0 Å². The van der Waals surface area contributed by atoms with E-state index in [1.807, 2.05) is 6.07 Å². The van der Waals surface area contributed by atoms with Gasteiger partial charge >= 0.3 is 0 Å². The molecular weight excluding hydrogens is 252 g/mol. The Balaban J connectivity index is 2.65. The fourth-order valence-corrected chi connectivity index (χ4v) is 2.93. The van der Waals surface area contributed by atoms with E-state index < -0.39 is 10.0 Å². The predicted octanol–water partition coefficient (Wildman–Crippen LogP) is 0.434. The summed E-state index contributed by atoms with van der Waals surface area (Å²) in [6.45, 7) is 3.62. The van der Waals surface area contributed by atoms with Crippen molar-refractivity contribution in [1.29, 1.82) is 0 Å². The lowest BCUT2D eigenvalue weighted by molar-refractivity contribution is 0.260. The first-order chi connectivity index (χ1) is 8.60. The number of pyridine rings is 1. The first kappa shape index (κ1) is 14.8. The molecular formula is C12H18N2O3S. The highest BCUT2D eigenvalue weighted by Gasteiger charge is 2.20. The number of nitrogens with zero attached hydrogens (tertiary/aromatic N) is 2. The Labute approximate surface area is 108 Å². The molecule has 0 saturated carbocycles. The molecule has 5 nitrogen and oxygen atoms in total. The second kappa shape index (κ2) is 7.25. The standard InChI is InChI=1S/C12H18N2O3S/c1-2-8-14(9-10-15)18(16,17)11-6-12-5-3-4-7-13-12/h2-5,7,15H,1,6,8-11H2. The minimum Gasteiger partial charge on any atom is -0.395 e. The molecule has 0 radical (unpaired) electrons. The first-order valence-electron chi connectivity index (χ1n) is 5.69. The number of aliphatic hydroxyl groups excluding tert-OH is 1. The summed E-state index contributed by atoms with van der Waals surface area (Å²) in [6.07, 6.45) is 3.51. The number of aromatic nitrogens is 1. The number of hydrogen-bond donors (Lipinski definition) is 1. The third kappa shape index (κ3) is 4.56. The van der Waals surface area contributed by atoms with E-state index in [0.29, 0.717) is 6.42 Å². The number of aryl methyl sites for hydroxylation is 1. The summed E-state index contributed by atoms with van der Waals surface area (Å²) in [4.78, 5) is 4.08. The largest absolute Gasteiger partial charge is 0.395 e. The molecule has 0 fully saturated rings. The van der Waals surface area contributed by atoms with Crippen LogP contribution in [0, 0.1) is 0 Å². The number of aliphatic hydroxyl groups is 1. The van der Waals surface area contributed by atoms with Crippen LogP contribution in [0.2, 0.25) is 0 Å². The van der Waals surface area contributed by atoms with Gasteiger partial charge in [-0.3, -0.25) is 4.98 Å². The summed E-state index contributed by atoms with van der Waals surface area (Å²) in [6, 6.07) is 5.40. The SMILES string of the molecule is C=CCN(CCO)S(=O)(=O)CCc1ccccn1. The second-order valence-electron chi connectivity index (χ2n) is 3.76. The molecule has 6 heteroatoms. The summed E-state index contributed by atoms with van der Waals surface area (Å²) in [5.74, 6) is -0.0160. The maximum Gasteiger partial charge on any atom is 0.214 e. The van der Waals surface area contributed by atoms with Crippen molar-refractivity contribution >= 4 is 10.0 Å². The zero-order valence-electron chi connectivity index (χ0n) is 10.2. The van der Waals surface area contributed by atoms with Crippen molar-refractivity contribution in [3.05, 3.63) is 42.7 Å². The zero-order valence-corrected chi connectivity index (χ0v) is 11.0. The van der Waals surface area contributed by atoms with E-state index in [0.717, 1.165) is 5.69 Å². The Hall–Kier alpha value is -1.24. The van der Waals surface area contributed by atoms with Gasteiger partial charge in [0.05, 0.1) is 12.4 Å². The van der Waals surface area contributed by atoms with E-state index in [-0.39, 0.29) is 25.4 Å². The smallest absolute Gasteiger partial charge is 0.214 e. The summed E-state index contributed by atoms with van der Waals surface area (Å²) in [5.41, 5.74) is 0.739. The molecule has 18 heavy (non-hydrogen) atoms. The van der Waals surface area contributed by atoms with E-state index in [2.05, 4.69) is 11.6 Å². The van der Waals surface area contributed by atoms with Crippen LogP contribution in [-0.4, -0.2) is 48.3 Å². The monoisotopic (exact) mass is 270 g/mol. The molecule has 100 valence electrons. The molecule has 0 aromatic carbocycles. The molecule has 0 saturated heterocycles. The molecule has 0 unspecified atom stereocenters. The molecule has 0 aliphatic rings. The van der Waals surface area contributed by atoms with Crippen molar-refractivity contribution in [3.63, 3.8) is 0 Å². The second-order valence-corrected chi connectivity index (χ2v) is 5.85. The third-order valence-corrected chi connectivity index (χ3v) is 4.26. The van der Waals surface area contributed by atoms with Crippen LogP contribution in [0.25, 0.3) is 0 Å². The fourth-order valence-electron chi connectivity index (χ4n) is 1.51. The molecule has 1 heterocycles. The number of sulfonamides is 1. The van der Waals surface area contributed by atoms with E-state index in [4.69, 9.17) is 5.11 Å². The Morgan fingerprint density at radius 3 is 2.78 bits per heavy atom. The van der Waals surface area contributed by atoms with Crippen molar-refractivity contribution in [1.82, 2.24) is 9.29 Å². The van der Waals surface area contributed by atoms with Crippen LogP contribution in [0.4, 0.5) is 0 Å². The van der Waals surface area contributed by atoms with Gasteiger partial charge in [0.25, 0.3) is 0 Å². The van der Waals surface area contributed by atoms with E-state index in [1.165, 1.54) is 10.4 Å². The highest BCUT2D eigenvalue weighted by atomic mass is 32.2. The maximum absolute atomic E-state index is 12.0. The van der Waals surface area contributed by atoms with Crippen molar-refractivity contribution in [2.24, 2.45) is 0 Å². The van der Waals surface area contributed by atoms with Crippen LogP contribution in [-0.2, 0) is 16.4 Å². The predicted molar refractivity (Wildman–Crippen MR) is 70.6 cm³/mol. The molecule has 1 aromatic heterocycles. The van der Waals surface area contributed by atoms with Gasteiger partial charge in [-0.05, 0) is 12.1 Å². The van der Waals surface area contributed by atoms with Gasteiger partial charge < -0.3 is 5.11 Å². The van der Waals surface area contributed by atoms with Crippen molar-refractivity contribution < 1.29 is 13.5 Å². The van der Waals surface area contributed by atoms with Crippen LogP contribution in [0.5, 0.6) is 0 Å². The van der Waals surface area contributed by atoms with Gasteiger partial charge in [0.2, 0.25) is 10.0 Å². The molecule has 1 aromatic rings. The third-order valence-electron chi connectivity index (χ3n) is 2.42. The lowest BCUT2D eigenvalue weighted by atomic mass is 10.3. The van der Waals surface area contributed by atoms with Gasteiger partial charge in [-0.2, -0.15) is 4.31 Å². The minimum atomic E-state index is -3.38. The Kier molecular flexibility index (Phi) is 5.97. The van der Waals surface area contributed by atoms with Gasteiger partial charge in [0.1, 0.15) is 0 Å². The molecule has 1 N–H and O–H groups in total. The first-order valence-corrected chi connectivity index (χ1v) is 7.30. The summed E-state index contributed by atoms with van der Waals surface area (Å²) in [5, 5.41) is 8.86. The lowest BCUT2D eigenvalue weighted by Crippen LogP contribution is -2.36. The molecule has 0 aliphatic carbocycles. The molecule has 0 aliphatic heterocycles. The lowest BCUT2D eigenvalue weighted by Gasteiger charge is -2.19. The molecule has 0 spiro atoms. The molecule has 0 atom stereocenters. The van der Waals surface area contributed by atoms with Gasteiger partial charge in [-0.1, -0.05) is 12.1 Å². The number of hydrogen-bond acceptors (Lipinski definition) is 4. The average molecular weight is 270 g/mol. The van der Waals surface area contributed by atoms with Gasteiger partial charge in [0.15, 0.2) is 0 Å². The topological polar surface area (TPSA) is 70.5 Å². The molecule has 0 amide bonds. The highest BCUT2D eigenvalue weighted by Crippen LogP contribution is 2.05.